The van der Waals surface area contributed by atoms with E-state index in [1.807, 2.05) is 66.7 Å². The molecule has 1 heterocycles. The summed E-state index contributed by atoms with van der Waals surface area (Å²) in [6.07, 6.45) is 6.00. The van der Waals surface area contributed by atoms with Gasteiger partial charge in [-0.3, -0.25) is 9.59 Å². The number of nitrogens with zero attached hydrogens (tertiary/aromatic N) is 1. The van der Waals surface area contributed by atoms with E-state index < -0.39 is 25.7 Å². The molecule has 3 aromatic carbocycles. The second-order valence-electron chi connectivity index (χ2n) is 13.2. The van der Waals surface area contributed by atoms with Gasteiger partial charge in [-0.05, 0) is 72.5 Å². The second kappa shape index (κ2) is 12.1. The minimum absolute atomic E-state index is 0.0327. The Morgan fingerprint density at radius 2 is 1.56 bits per heavy atom. The van der Waals surface area contributed by atoms with E-state index in [-0.39, 0.29) is 10.7 Å². The standard InChI is InChI=1S/C36H41N2O4Si/c1-35(2,3)43(4,5)42-30(13-9-12-25-10-7-6-8-11-25)31-32(34(37)40)38-41-33(31)28-16-14-26(15-17-28)27-18-20-29(21-19-27)36(24-39)22-23-36/h6-8,10-11,14-21,30H,9,12-13,22-23H2,1-5H3,(H2,37,40). The molecule has 1 fully saturated rings. The Balaban J connectivity index is 1.46. The van der Waals surface area contributed by atoms with Crippen LogP contribution in [0.2, 0.25) is 18.1 Å². The molecule has 1 unspecified atom stereocenters. The van der Waals surface area contributed by atoms with Crippen molar-refractivity contribution in [3.05, 3.63) is 101 Å². The van der Waals surface area contributed by atoms with Gasteiger partial charge in [-0.15, -0.1) is 0 Å². The van der Waals surface area contributed by atoms with Crippen LogP contribution in [-0.4, -0.2) is 25.7 Å². The third-order valence-corrected chi connectivity index (χ3v) is 13.7. The molecule has 1 aliphatic carbocycles. The van der Waals surface area contributed by atoms with Gasteiger partial charge >= 0.3 is 0 Å². The highest BCUT2D eigenvalue weighted by atomic mass is 28.4. The summed E-state index contributed by atoms with van der Waals surface area (Å²) in [5.41, 5.74) is 11.3. The molecule has 223 valence electrons. The zero-order valence-electron chi connectivity index (χ0n) is 25.8. The van der Waals surface area contributed by atoms with Gasteiger partial charge in [0.15, 0.2) is 19.8 Å². The Morgan fingerprint density at radius 3 is 2.09 bits per heavy atom. The van der Waals surface area contributed by atoms with Crippen molar-refractivity contribution in [3.63, 3.8) is 0 Å². The number of benzene rings is 3. The maximum atomic E-state index is 12.6. The highest BCUT2D eigenvalue weighted by Gasteiger charge is 2.45. The van der Waals surface area contributed by atoms with E-state index in [9.17, 15) is 9.59 Å². The highest BCUT2D eigenvalue weighted by Crippen LogP contribution is 2.47. The van der Waals surface area contributed by atoms with Crippen LogP contribution >= 0.6 is 0 Å². The molecule has 2 N–H and O–H groups in total. The molecule has 7 heteroatoms. The predicted octanol–water partition coefficient (Wildman–Crippen LogP) is 8.33. The van der Waals surface area contributed by atoms with Crippen LogP contribution in [0.1, 0.15) is 79.7 Å². The third-order valence-electron chi connectivity index (χ3n) is 9.16. The number of carbonyl (C=O) groups is 1. The normalized spacial score (nSPS) is 15.2. The summed E-state index contributed by atoms with van der Waals surface area (Å²) in [5, 5.41) is 4.12. The van der Waals surface area contributed by atoms with Crippen LogP contribution in [0.15, 0.2) is 83.4 Å². The maximum Gasteiger partial charge on any atom is 0.271 e. The van der Waals surface area contributed by atoms with E-state index in [0.717, 1.165) is 47.9 Å². The monoisotopic (exact) mass is 593 g/mol. The predicted molar refractivity (Wildman–Crippen MR) is 173 cm³/mol. The molecule has 1 aliphatic rings. The fraction of sp³-hybridized carbons (Fsp3) is 0.361. The molecule has 43 heavy (non-hydrogen) atoms. The first-order valence-corrected chi connectivity index (χ1v) is 18.0. The van der Waals surface area contributed by atoms with Crippen LogP contribution < -0.4 is 5.73 Å². The Morgan fingerprint density at radius 1 is 0.977 bits per heavy atom. The van der Waals surface area contributed by atoms with Crippen molar-refractivity contribution in [3.8, 4) is 22.5 Å². The number of aromatic nitrogens is 1. The molecule has 1 atom stereocenters. The Kier molecular flexibility index (Phi) is 8.59. The fourth-order valence-electron chi connectivity index (χ4n) is 5.28. The van der Waals surface area contributed by atoms with Crippen LogP contribution in [0.4, 0.5) is 0 Å². The van der Waals surface area contributed by atoms with E-state index in [0.29, 0.717) is 17.7 Å². The van der Waals surface area contributed by atoms with Crippen molar-refractivity contribution in [2.75, 3.05) is 0 Å². The zero-order valence-corrected chi connectivity index (χ0v) is 26.8. The first-order valence-electron chi connectivity index (χ1n) is 15.1. The molecule has 0 bridgehead atoms. The molecule has 4 aromatic rings. The Labute approximate surface area is 255 Å². The lowest BCUT2D eigenvalue weighted by Gasteiger charge is -2.39. The van der Waals surface area contributed by atoms with Crippen LogP contribution in [0, 0.1) is 0 Å². The van der Waals surface area contributed by atoms with Gasteiger partial charge in [-0.25, -0.2) is 0 Å². The van der Waals surface area contributed by atoms with Gasteiger partial charge in [0.25, 0.3) is 5.91 Å². The Bertz CT molecular complexity index is 1560. The number of hydrogen-bond donors (Lipinski definition) is 1. The minimum atomic E-state index is -2.25. The SMILES string of the molecule is CC(C)(C)[Si](C)(C)OC(CCCc1ccccc1)c1c(C(N)=O)noc1-c1ccc(-c2ccc(C3([C]=O)CC3)cc2)cc1. The highest BCUT2D eigenvalue weighted by molar-refractivity contribution is 6.74. The number of rotatable bonds is 12. The maximum absolute atomic E-state index is 12.6. The van der Waals surface area contributed by atoms with E-state index in [4.69, 9.17) is 14.7 Å². The molecule has 1 radical (unpaired) electrons. The number of primary amides is 1. The van der Waals surface area contributed by atoms with Gasteiger partial charge in [0.05, 0.1) is 17.1 Å². The number of carbonyl (C=O) groups excluding carboxylic acids is 2. The average molecular weight is 594 g/mol. The summed E-state index contributed by atoms with van der Waals surface area (Å²) in [7, 11) is -2.25. The summed E-state index contributed by atoms with van der Waals surface area (Å²) in [6, 6.07) is 26.5. The Hall–Kier alpha value is -3.81. The van der Waals surface area contributed by atoms with Crippen molar-refractivity contribution in [2.24, 2.45) is 5.73 Å². The average Bonchev–Trinajstić information content (AvgIpc) is 3.66. The van der Waals surface area contributed by atoms with Crippen molar-refractivity contribution in [2.45, 2.75) is 82.5 Å². The second-order valence-corrected chi connectivity index (χ2v) is 18.0. The molecule has 5 rings (SSSR count). The van der Waals surface area contributed by atoms with Gasteiger partial charge in [0, 0.05) is 5.56 Å². The van der Waals surface area contributed by atoms with Gasteiger partial charge in [0.2, 0.25) is 6.29 Å². The van der Waals surface area contributed by atoms with Crippen LogP contribution in [0.5, 0.6) is 0 Å². The van der Waals surface area contributed by atoms with Crippen LogP contribution in [-0.2, 0) is 21.1 Å². The van der Waals surface area contributed by atoms with Gasteiger partial charge < -0.3 is 14.7 Å². The molecule has 6 nitrogen and oxygen atoms in total. The van der Waals surface area contributed by atoms with Crippen molar-refractivity contribution >= 4 is 20.5 Å². The summed E-state index contributed by atoms with van der Waals surface area (Å²) in [5.74, 6) is -0.120. The van der Waals surface area contributed by atoms with Gasteiger partial charge in [-0.1, -0.05) is 105 Å². The minimum Gasteiger partial charge on any atom is -0.410 e. The lowest BCUT2D eigenvalue weighted by atomic mass is 9.94. The third kappa shape index (κ3) is 6.58. The fourth-order valence-corrected chi connectivity index (χ4v) is 6.58. The summed E-state index contributed by atoms with van der Waals surface area (Å²) >= 11 is 0. The quantitative estimate of drug-likeness (QED) is 0.167. The number of nitrogens with two attached hydrogens (primary N) is 1. The molecular weight excluding hydrogens is 552 g/mol. The first kappa shape index (κ1) is 30.6. The smallest absolute Gasteiger partial charge is 0.271 e. The summed E-state index contributed by atoms with van der Waals surface area (Å²) in [4.78, 5) is 24.0. The van der Waals surface area contributed by atoms with E-state index >= 15 is 0 Å². The van der Waals surface area contributed by atoms with E-state index in [1.165, 1.54) is 5.56 Å². The van der Waals surface area contributed by atoms with Crippen LogP contribution in [0.25, 0.3) is 22.5 Å². The number of aryl methyl sites for hydroxylation is 1. The van der Waals surface area contributed by atoms with E-state index in [1.54, 1.807) is 0 Å². The van der Waals surface area contributed by atoms with E-state index in [2.05, 4.69) is 57.4 Å². The molecule has 1 saturated carbocycles. The number of hydrogen-bond acceptors (Lipinski definition) is 5. The molecular formula is C36H41N2O4Si. The summed E-state index contributed by atoms with van der Waals surface area (Å²) < 4.78 is 12.8. The molecule has 1 aromatic heterocycles. The first-order chi connectivity index (χ1) is 20.4. The molecule has 0 saturated heterocycles. The largest absolute Gasteiger partial charge is 0.410 e. The van der Waals surface area contributed by atoms with Crippen molar-refractivity contribution in [1.29, 1.82) is 0 Å². The molecule has 1 amide bonds. The number of amides is 1. The van der Waals surface area contributed by atoms with Crippen molar-refractivity contribution < 1.29 is 18.5 Å². The lowest BCUT2D eigenvalue weighted by Crippen LogP contribution is -2.42. The molecule has 0 aliphatic heterocycles. The van der Waals surface area contributed by atoms with Gasteiger partial charge in [0.1, 0.15) is 0 Å². The summed E-state index contributed by atoms with van der Waals surface area (Å²) in [6.45, 7) is 11.0. The lowest BCUT2D eigenvalue weighted by molar-refractivity contribution is 0.0984. The van der Waals surface area contributed by atoms with Crippen LogP contribution in [0.3, 0.4) is 0 Å². The molecule has 0 spiro atoms. The zero-order chi connectivity index (χ0) is 30.8. The van der Waals surface area contributed by atoms with Gasteiger partial charge in [-0.2, -0.15) is 0 Å². The topological polar surface area (TPSA) is 95.4 Å². The van der Waals surface area contributed by atoms with Crippen molar-refractivity contribution in [1.82, 2.24) is 5.16 Å².